The van der Waals surface area contributed by atoms with E-state index in [2.05, 4.69) is 47.1 Å². The third kappa shape index (κ3) is 3.07. The number of hydrogen-bond donors (Lipinski definition) is 2. The van der Waals surface area contributed by atoms with Crippen molar-refractivity contribution in [2.75, 3.05) is 17.2 Å². The van der Waals surface area contributed by atoms with Gasteiger partial charge in [0.25, 0.3) is 0 Å². The fraction of sp³-hybridized carbons (Fsp3) is 0.318. The van der Waals surface area contributed by atoms with E-state index in [1.807, 2.05) is 25.1 Å². The van der Waals surface area contributed by atoms with Crippen LogP contribution in [0.3, 0.4) is 0 Å². The predicted molar refractivity (Wildman–Crippen MR) is 105 cm³/mol. The van der Waals surface area contributed by atoms with Crippen molar-refractivity contribution in [1.82, 2.24) is 0 Å². The maximum absolute atomic E-state index is 11.4. The van der Waals surface area contributed by atoms with Gasteiger partial charge in [-0.05, 0) is 60.7 Å². The van der Waals surface area contributed by atoms with Crippen LogP contribution in [0.5, 0.6) is 5.75 Å². The van der Waals surface area contributed by atoms with Gasteiger partial charge >= 0.3 is 0 Å². The average molecular weight is 348 g/mol. The summed E-state index contributed by atoms with van der Waals surface area (Å²) in [5, 5.41) is 6.61. The minimum Gasteiger partial charge on any atom is -0.494 e. The van der Waals surface area contributed by atoms with Gasteiger partial charge < -0.3 is 15.4 Å². The molecule has 2 aromatic rings. The summed E-state index contributed by atoms with van der Waals surface area (Å²) >= 11 is 0. The molecule has 1 heterocycles. The molecular formula is C22H24N2O2. The highest BCUT2D eigenvalue weighted by atomic mass is 16.5. The lowest BCUT2D eigenvalue weighted by molar-refractivity contribution is -0.114. The first kappa shape index (κ1) is 16.7. The second-order valence-electron chi connectivity index (χ2n) is 6.96. The Bertz CT molecular complexity index is 842. The van der Waals surface area contributed by atoms with Crippen molar-refractivity contribution in [3.05, 3.63) is 65.7 Å². The van der Waals surface area contributed by atoms with Crippen LogP contribution in [0.2, 0.25) is 0 Å². The lowest BCUT2D eigenvalue weighted by Crippen LogP contribution is -2.29. The highest BCUT2D eigenvalue weighted by Gasteiger charge is 2.37. The van der Waals surface area contributed by atoms with Crippen LogP contribution in [-0.4, -0.2) is 12.5 Å². The molecule has 0 spiro atoms. The molecule has 26 heavy (non-hydrogen) atoms. The van der Waals surface area contributed by atoms with Gasteiger partial charge in [-0.2, -0.15) is 0 Å². The van der Waals surface area contributed by atoms with Crippen LogP contribution >= 0.6 is 0 Å². The quantitative estimate of drug-likeness (QED) is 0.775. The van der Waals surface area contributed by atoms with Gasteiger partial charge in [0.1, 0.15) is 5.75 Å². The van der Waals surface area contributed by atoms with Crippen molar-refractivity contribution in [3.63, 3.8) is 0 Å². The number of rotatable bonds is 4. The van der Waals surface area contributed by atoms with Crippen molar-refractivity contribution in [1.29, 1.82) is 0 Å². The molecule has 3 unspecified atom stereocenters. The van der Waals surface area contributed by atoms with Crippen LogP contribution in [-0.2, 0) is 4.79 Å². The Hall–Kier alpha value is -2.75. The van der Waals surface area contributed by atoms with E-state index >= 15 is 0 Å². The summed E-state index contributed by atoms with van der Waals surface area (Å²) in [6.45, 7) is 4.22. The predicted octanol–water partition coefficient (Wildman–Crippen LogP) is 4.87. The van der Waals surface area contributed by atoms with Crippen LogP contribution in [0.25, 0.3) is 0 Å². The molecule has 4 nitrogen and oxygen atoms in total. The Morgan fingerprint density at radius 3 is 2.77 bits per heavy atom. The molecule has 1 amide bonds. The fourth-order valence-corrected chi connectivity index (χ4v) is 4.14. The van der Waals surface area contributed by atoms with Crippen LogP contribution in [0.1, 0.15) is 43.4 Å². The number of carbonyl (C=O) groups is 1. The summed E-state index contributed by atoms with van der Waals surface area (Å²) in [6, 6.07) is 14.8. The van der Waals surface area contributed by atoms with Crippen molar-refractivity contribution in [2.24, 2.45) is 5.92 Å². The second-order valence-corrected chi connectivity index (χ2v) is 6.96. The van der Waals surface area contributed by atoms with Gasteiger partial charge in [-0.15, -0.1) is 0 Å². The van der Waals surface area contributed by atoms with Crippen molar-refractivity contribution >= 4 is 17.3 Å². The number of allylic oxidation sites excluding steroid dienone is 2. The van der Waals surface area contributed by atoms with E-state index in [1.165, 1.54) is 18.1 Å². The summed E-state index contributed by atoms with van der Waals surface area (Å²) in [4.78, 5) is 11.4. The molecule has 0 saturated heterocycles. The number of fused-ring (bicyclic) bond motifs is 3. The molecular weight excluding hydrogens is 324 g/mol. The Morgan fingerprint density at radius 2 is 2.04 bits per heavy atom. The van der Waals surface area contributed by atoms with Crippen LogP contribution in [0, 0.1) is 5.92 Å². The van der Waals surface area contributed by atoms with E-state index < -0.39 is 0 Å². The molecule has 1 aliphatic carbocycles. The number of carbonyl (C=O) groups excluding carboxylic acids is 1. The lowest BCUT2D eigenvalue weighted by atomic mass is 9.77. The second kappa shape index (κ2) is 6.87. The van der Waals surface area contributed by atoms with Gasteiger partial charge in [-0.3, -0.25) is 4.79 Å². The van der Waals surface area contributed by atoms with E-state index in [-0.39, 0.29) is 11.9 Å². The summed E-state index contributed by atoms with van der Waals surface area (Å²) in [7, 11) is 0. The summed E-state index contributed by atoms with van der Waals surface area (Å²) in [5.74, 6) is 1.72. The standard InChI is InChI=1S/C22H24N2O2/c1-3-26-17-10-7-15(8-11-17)22-19-6-4-5-18(19)20-13-16(23-14(2)25)9-12-21(20)24-22/h4-5,7-13,18-19,22,24H,3,6H2,1-2H3,(H,23,25). The zero-order chi connectivity index (χ0) is 18.1. The van der Waals surface area contributed by atoms with Crippen LogP contribution < -0.4 is 15.4 Å². The Labute approximate surface area is 154 Å². The van der Waals surface area contributed by atoms with Gasteiger partial charge in [-0.1, -0.05) is 24.3 Å². The maximum atomic E-state index is 11.4. The lowest BCUT2D eigenvalue weighted by Gasteiger charge is -2.37. The first-order valence-electron chi connectivity index (χ1n) is 9.23. The number of benzene rings is 2. The monoisotopic (exact) mass is 348 g/mol. The van der Waals surface area contributed by atoms with Gasteiger partial charge in [0.2, 0.25) is 5.91 Å². The molecule has 0 radical (unpaired) electrons. The molecule has 2 aromatic carbocycles. The first-order chi connectivity index (χ1) is 12.7. The molecule has 4 heteroatoms. The Balaban J connectivity index is 1.65. The largest absolute Gasteiger partial charge is 0.494 e. The number of amides is 1. The highest BCUT2D eigenvalue weighted by molar-refractivity contribution is 5.89. The topological polar surface area (TPSA) is 50.4 Å². The molecule has 0 saturated carbocycles. The SMILES string of the molecule is CCOc1ccc(C2Nc3ccc(NC(C)=O)cc3C3C=CCC32)cc1. The minimum atomic E-state index is -0.0421. The molecule has 0 aromatic heterocycles. The molecule has 2 N–H and O–H groups in total. The van der Waals surface area contributed by atoms with E-state index in [0.29, 0.717) is 18.4 Å². The van der Waals surface area contributed by atoms with Gasteiger partial charge in [0, 0.05) is 24.2 Å². The Morgan fingerprint density at radius 1 is 1.23 bits per heavy atom. The van der Waals surface area contributed by atoms with Crippen molar-refractivity contribution in [2.45, 2.75) is 32.2 Å². The number of anilines is 2. The third-order valence-electron chi connectivity index (χ3n) is 5.23. The fourth-order valence-electron chi connectivity index (χ4n) is 4.14. The summed E-state index contributed by atoms with van der Waals surface area (Å²) in [5.41, 5.74) is 4.54. The van der Waals surface area contributed by atoms with E-state index in [0.717, 1.165) is 23.5 Å². The van der Waals surface area contributed by atoms with Gasteiger partial charge in [-0.25, -0.2) is 0 Å². The molecule has 4 rings (SSSR count). The normalized spacial score (nSPS) is 22.9. The van der Waals surface area contributed by atoms with E-state index in [9.17, 15) is 4.79 Å². The van der Waals surface area contributed by atoms with E-state index in [1.54, 1.807) is 0 Å². The molecule has 0 bridgehead atoms. The highest BCUT2D eigenvalue weighted by Crippen LogP contribution is 2.50. The summed E-state index contributed by atoms with van der Waals surface area (Å²) in [6.07, 6.45) is 5.64. The minimum absolute atomic E-state index is 0.0421. The number of hydrogen-bond acceptors (Lipinski definition) is 3. The van der Waals surface area contributed by atoms with Gasteiger partial charge in [0.15, 0.2) is 0 Å². The van der Waals surface area contributed by atoms with Crippen LogP contribution in [0.15, 0.2) is 54.6 Å². The molecule has 3 atom stereocenters. The number of ether oxygens (including phenoxy) is 1. The molecule has 134 valence electrons. The van der Waals surface area contributed by atoms with Gasteiger partial charge in [0.05, 0.1) is 12.6 Å². The van der Waals surface area contributed by atoms with Crippen molar-refractivity contribution < 1.29 is 9.53 Å². The summed E-state index contributed by atoms with van der Waals surface area (Å²) < 4.78 is 5.57. The third-order valence-corrected chi connectivity index (χ3v) is 5.23. The van der Waals surface area contributed by atoms with Crippen molar-refractivity contribution in [3.8, 4) is 5.75 Å². The molecule has 0 fully saturated rings. The first-order valence-corrected chi connectivity index (χ1v) is 9.23. The molecule has 2 aliphatic rings. The zero-order valence-electron chi connectivity index (χ0n) is 15.2. The average Bonchev–Trinajstić information content (AvgIpc) is 3.12. The van der Waals surface area contributed by atoms with Crippen LogP contribution in [0.4, 0.5) is 11.4 Å². The van der Waals surface area contributed by atoms with E-state index in [4.69, 9.17) is 4.74 Å². The Kier molecular flexibility index (Phi) is 4.41. The smallest absolute Gasteiger partial charge is 0.221 e. The zero-order valence-corrected chi connectivity index (χ0v) is 15.2. The maximum Gasteiger partial charge on any atom is 0.221 e. The molecule has 1 aliphatic heterocycles. The number of nitrogens with one attached hydrogen (secondary N) is 2.